The van der Waals surface area contributed by atoms with Gasteiger partial charge in [0.1, 0.15) is 5.75 Å². The smallest absolute Gasteiger partial charge is 0.406 e. The van der Waals surface area contributed by atoms with Crippen molar-refractivity contribution in [3.05, 3.63) is 52.8 Å². The van der Waals surface area contributed by atoms with E-state index in [1.54, 1.807) is 6.07 Å². The molecular weight excluding hydrogens is 413 g/mol. The average molecular weight is 437 g/mol. The Bertz CT molecular complexity index is 1080. The molecule has 1 aromatic heterocycles. The molecule has 1 aliphatic rings. The van der Waals surface area contributed by atoms with Gasteiger partial charge in [-0.05, 0) is 36.8 Å². The summed E-state index contributed by atoms with van der Waals surface area (Å²) in [6.07, 6.45) is -4.72. The van der Waals surface area contributed by atoms with Crippen molar-refractivity contribution in [3.63, 3.8) is 0 Å². The Morgan fingerprint density at radius 1 is 1.03 bits per heavy atom. The van der Waals surface area contributed by atoms with Crippen LogP contribution in [0.5, 0.6) is 5.75 Å². The van der Waals surface area contributed by atoms with Gasteiger partial charge in [0, 0.05) is 45.0 Å². The monoisotopic (exact) mass is 436 g/mol. The Kier molecular flexibility index (Phi) is 5.75. The minimum atomic E-state index is -4.72. The van der Waals surface area contributed by atoms with Crippen LogP contribution in [-0.2, 0) is 6.54 Å². The van der Waals surface area contributed by atoms with Gasteiger partial charge >= 0.3 is 6.36 Å². The van der Waals surface area contributed by atoms with Crippen LogP contribution in [0.1, 0.15) is 5.56 Å². The quantitative estimate of drug-likeness (QED) is 0.652. The van der Waals surface area contributed by atoms with Crippen molar-refractivity contribution in [2.75, 3.05) is 37.6 Å². The van der Waals surface area contributed by atoms with E-state index < -0.39 is 6.36 Å². The first-order chi connectivity index (χ1) is 14.3. The Hall–Kier alpha value is -2.52. The minimum Gasteiger partial charge on any atom is -0.406 e. The Labute approximate surface area is 176 Å². The summed E-state index contributed by atoms with van der Waals surface area (Å²) in [7, 11) is 0. The molecule has 3 aromatic rings. The number of alkyl halides is 3. The van der Waals surface area contributed by atoms with E-state index in [1.807, 2.05) is 10.6 Å². The molecule has 1 N–H and O–H groups in total. The number of aryl methyl sites for hydroxylation is 1. The van der Waals surface area contributed by atoms with Crippen LogP contribution in [0.4, 0.5) is 18.9 Å². The largest absolute Gasteiger partial charge is 0.573 e. The number of halogens is 3. The van der Waals surface area contributed by atoms with Gasteiger partial charge in [0.2, 0.25) is 0 Å². The van der Waals surface area contributed by atoms with E-state index in [-0.39, 0.29) is 5.75 Å². The molecule has 9 heteroatoms. The Morgan fingerprint density at radius 3 is 2.47 bits per heavy atom. The highest BCUT2D eigenvalue weighted by atomic mass is 32.1. The molecule has 5 nitrogen and oxygen atoms in total. The zero-order chi connectivity index (χ0) is 21.3. The number of rotatable bonds is 5. The second kappa shape index (κ2) is 8.31. The van der Waals surface area contributed by atoms with Crippen molar-refractivity contribution in [1.29, 1.82) is 5.41 Å². The van der Waals surface area contributed by atoms with Crippen LogP contribution in [0, 0.1) is 12.3 Å². The number of nitrogens with one attached hydrogen (secondary N) is 1. The van der Waals surface area contributed by atoms with Crippen molar-refractivity contribution in [3.8, 4) is 5.75 Å². The molecule has 1 saturated heterocycles. The average Bonchev–Trinajstić information content (AvgIpc) is 3.00. The molecule has 0 atom stereocenters. The van der Waals surface area contributed by atoms with Crippen LogP contribution in [0.25, 0.3) is 10.2 Å². The van der Waals surface area contributed by atoms with Gasteiger partial charge in [-0.3, -0.25) is 10.3 Å². The second-order valence-electron chi connectivity index (χ2n) is 7.35. The summed E-state index contributed by atoms with van der Waals surface area (Å²) >= 11 is 1.16. The topological polar surface area (TPSA) is 44.5 Å². The normalized spacial score (nSPS) is 15.7. The fraction of sp³-hybridized carbons (Fsp3) is 0.381. The van der Waals surface area contributed by atoms with Gasteiger partial charge in [-0.25, -0.2) is 0 Å². The fourth-order valence-corrected chi connectivity index (χ4v) is 4.83. The highest BCUT2D eigenvalue weighted by molar-refractivity contribution is 7.16. The van der Waals surface area contributed by atoms with E-state index in [2.05, 4.69) is 39.7 Å². The zero-order valence-electron chi connectivity index (χ0n) is 16.6. The summed E-state index contributed by atoms with van der Waals surface area (Å²) in [5, 5.41) is 8.23. The number of fused-ring (bicyclic) bond motifs is 1. The highest BCUT2D eigenvalue weighted by Crippen LogP contribution is 2.28. The number of aromatic nitrogens is 1. The molecule has 0 bridgehead atoms. The summed E-state index contributed by atoms with van der Waals surface area (Å²) in [6.45, 7) is 7.33. The van der Waals surface area contributed by atoms with Gasteiger partial charge in [-0.2, -0.15) is 0 Å². The number of nitrogens with zero attached hydrogens (tertiary/aromatic N) is 3. The fourth-order valence-electron chi connectivity index (χ4n) is 3.86. The number of para-hydroxylation sites is 1. The SMILES string of the molecule is Cc1ccccc1N1CCN(CCn2c(=N)sc3cc(OC(F)(F)F)ccc32)CC1. The molecule has 2 heterocycles. The van der Waals surface area contributed by atoms with Crippen molar-refractivity contribution >= 4 is 27.2 Å². The zero-order valence-corrected chi connectivity index (χ0v) is 17.4. The number of thiazole rings is 1. The van der Waals surface area contributed by atoms with E-state index in [4.69, 9.17) is 5.41 Å². The van der Waals surface area contributed by atoms with E-state index in [0.717, 1.165) is 49.6 Å². The highest BCUT2D eigenvalue weighted by Gasteiger charge is 2.31. The first-order valence-electron chi connectivity index (χ1n) is 9.77. The predicted octanol–water partition coefficient (Wildman–Crippen LogP) is 4.21. The second-order valence-corrected chi connectivity index (χ2v) is 8.38. The van der Waals surface area contributed by atoms with Crippen LogP contribution in [0.15, 0.2) is 42.5 Å². The standard InChI is InChI=1S/C21H23F3N4OS/c1-15-4-2-3-5-17(15)27-11-8-26(9-12-27)10-13-28-18-7-6-16(29-21(22,23)24)14-19(18)30-20(28)25/h2-7,14,25H,8-13H2,1H3. The minimum absolute atomic E-state index is 0.254. The number of benzene rings is 2. The molecule has 1 fully saturated rings. The molecule has 0 amide bonds. The van der Waals surface area contributed by atoms with E-state index in [9.17, 15) is 13.2 Å². The molecule has 1 aliphatic heterocycles. The Morgan fingerprint density at radius 2 is 1.77 bits per heavy atom. The van der Waals surface area contributed by atoms with Crippen LogP contribution < -0.4 is 14.4 Å². The lowest BCUT2D eigenvalue weighted by Crippen LogP contribution is -2.47. The van der Waals surface area contributed by atoms with Crippen molar-refractivity contribution < 1.29 is 17.9 Å². The maximum atomic E-state index is 12.4. The third-order valence-electron chi connectivity index (χ3n) is 5.38. The van der Waals surface area contributed by atoms with E-state index in [1.165, 1.54) is 23.4 Å². The van der Waals surface area contributed by atoms with Crippen molar-refractivity contribution in [2.45, 2.75) is 19.8 Å². The number of anilines is 1. The van der Waals surface area contributed by atoms with Crippen molar-refractivity contribution in [1.82, 2.24) is 9.47 Å². The van der Waals surface area contributed by atoms with Crippen molar-refractivity contribution in [2.24, 2.45) is 0 Å². The lowest BCUT2D eigenvalue weighted by Gasteiger charge is -2.36. The molecule has 0 saturated carbocycles. The molecule has 0 radical (unpaired) electrons. The van der Waals surface area contributed by atoms with Gasteiger partial charge in [0.25, 0.3) is 0 Å². The van der Waals surface area contributed by atoms with E-state index in [0.29, 0.717) is 16.0 Å². The third kappa shape index (κ3) is 4.62. The van der Waals surface area contributed by atoms with Crippen LogP contribution >= 0.6 is 11.3 Å². The number of hydrogen-bond acceptors (Lipinski definition) is 5. The molecule has 30 heavy (non-hydrogen) atoms. The maximum Gasteiger partial charge on any atom is 0.573 e. The third-order valence-corrected chi connectivity index (χ3v) is 6.34. The Balaban J connectivity index is 1.39. The molecule has 0 unspecified atom stereocenters. The summed E-state index contributed by atoms with van der Waals surface area (Å²) < 4.78 is 43.8. The van der Waals surface area contributed by atoms with Gasteiger partial charge in [0.05, 0.1) is 10.2 Å². The number of piperazine rings is 1. The van der Waals surface area contributed by atoms with Gasteiger partial charge in [-0.15, -0.1) is 13.2 Å². The van der Waals surface area contributed by atoms with Crippen LogP contribution in [0.2, 0.25) is 0 Å². The molecule has 0 spiro atoms. The first-order valence-corrected chi connectivity index (χ1v) is 10.6. The lowest BCUT2D eigenvalue weighted by molar-refractivity contribution is -0.274. The van der Waals surface area contributed by atoms with Crippen LogP contribution in [-0.4, -0.2) is 48.6 Å². The predicted molar refractivity (Wildman–Crippen MR) is 112 cm³/mol. The first kappa shape index (κ1) is 20.7. The van der Waals surface area contributed by atoms with E-state index >= 15 is 0 Å². The summed E-state index contributed by atoms with van der Waals surface area (Å²) in [5.74, 6) is -0.254. The lowest BCUT2D eigenvalue weighted by atomic mass is 10.1. The van der Waals surface area contributed by atoms with Gasteiger partial charge < -0.3 is 14.2 Å². The molecule has 160 valence electrons. The molecule has 2 aromatic carbocycles. The number of hydrogen-bond donors (Lipinski definition) is 1. The van der Waals surface area contributed by atoms with Gasteiger partial charge in [0.15, 0.2) is 4.80 Å². The summed E-state index contributed by atoms with van der Waals surface area (Å²) in [6, 6.07) is 12.6. The van der Waals surface area contributed by atoms with Crippen LogP contribution in [0.3, 0.4) is 0 Å². The summed E-state index contributed by atoms with van der Waals surface area (Å²) in [5.41, 5.74) is 3.32. The summed E-state index contributed by atoms with van der Waals surface area (Å²) in [4.78, 5) is 5.09. The van der Waals surface area contributed by atoms with Gasteiger partial charge in [-0.1, -0.05) is 29.5 Å². The molecular formula is C21H23F3N4OS. The number of ether oxygens (including phenoxy) is 1. The maximum absolute atomic E-state index is 12.4. The molecule has 0 aliphatic carbocycles. The molecule has 4 rings (SSSR count).